The minimum Gasteiger partial charge on any atom is -0.246 e. The van der Waals surface area contributed by atoms with Gasteiger partial charge in [-0.15, -0.1) is 0 Å². The molecule has 1 heteroatoms. The number of hydrogen-bond acceptors (Lipinski definition) is 1. The maximum Gasteiger partial charge on any atom is 0.0794 e. The highest BCUT2D eigenvalue weighted by Crippen LogP contribution is 2.41. The van der Waals surface area contributed by atoms with E-state index in [0.29, 0.717) is 0 Å². The van der Waals surface area contributed by atoms with Gasteiger partial charge in [0.25, 0.3) is 0 Å². The summed E-state index contributed by atoms with van der Waals surface area (Å²) in [6, 6.07) is 63.5. The minimum atomic E-state index is 1.04. The van der Waals surface area contributed by atoms with Crippen LogP contribution in [-0.2, 0) is 0 Å². The van der Waals surface area contributed by atoms with Gasteiger partial charge >= 0.3 is 0 Å². The molecule has 46 heavy (non-hydrogen) atoms. The third-order valence-corrected chi connectivity index (χ3v) is 9.20. The van der Waals surface area contributed by atoms with Crippen molar-refractivity contribution in [2.45, 2.75) is 0 Å². The minimum absolute atomic E-state index is 1.04. The summed E-state index contributed by atoms with van der Waals surface area (Å²) in [6.45, 7) is 0. The molecule has 1 heterocycles. The predicted octanol–water partition coefficient (Wildman–Crippen LogP) is 12.4. The van der Waals surface area contributed by atoms with Crippen molar-refractivity contribution in [1.82, 2.24) is 4.98 Å². The molecular weight excluding hydrogens is 555 g/mol. The average Bonchev–Trinajstić information content (AvgIpc) is 3.14. The van der Waals surface area contributed by atoms with Crippen molar-refractivity contribution in [3.05, 3.63) is 176 Å². The van der Waals surface area contributed by atoms with Crippen molar-refractivity contribution in [2.24, 2.45) is 0 Å². The maximum absolute atomic E-state index is 5.39. The van der Waals surface area contributed by atoms with E-state index in [1.165, 1.54) is 76.8 Å². The molecule has 0 aliphatic carbocycles. The number of fused-ring (bicyclic) bond motifs is 6. The van der Waals surface area contributed by atoms with Gasteiger partial charge in [0, 0.05) is 27.1 Å². The number of rotatable bonds is 4. The predicted molar refractivity (Wildman–Crippen MR) is 196 cm³/mol. The molecule has 0 N–H and O–H groups in total. The normalized spacial score (nSPS) is 11.5. The van der Waals surface area contributed by atoms with E-state index in [9.17, 15) is 0 Å². The molecule has 0 bridgehead atoms. The first-order chi connectivity index (χ1) is 22.8. The fraction of sp³-hybridized carbons (Fsp3) is 0. The Bertz CT molecular complexity index is 2410. The Labute approximate surface area is 268 Å². The fourth-order valence-corrected chi connectivity index (χ4v) is 6.97. The van der Waals surface area contributed by atoms with Crippen LogP contribution in [0.4, 0.5) is 0 Å². The van der Waals surface area contributed by atoms with E-state index >= 15 is 0 Å². The van der Waals surface area contributed by atoms with Crippen LogP contribution >= 0.6 is 0 Å². The van der Waals surface area contributed by atoms with E-state index in [1.807, 2.05) is 0 Å². The molecule has 0 aliphatic heterocycles. The molecule has 0 aliphatic rings. The third kappa shape index (κ3) is 4.45. The second kappa shape index (κ2) is 10.8. The molecule has 1 nitrogen and oxygen atoms in total. The van der Waals surface area contributed by atoms with Crippen LogP contribution in [0.25, 0.3) is 87.9 Å². The highest BCUT2D eigenvalue weighted by atomic mass is 14.7. The largest absolute Gasteiger partial charge is 0.246 e. The van der Waals surface area contributed by atoms with Crippen LogP contribution < -0.4 is 0 Å². The number of benzene rings is 8. The molecule has 0 spiro atoms. The lowest BCUT2D eigenvalue weighted by atomic mass is 9.89. The van der Waals surface area contributed by atoms with E-state index in [0.717, 1.165) is 11.0 Å². The smallest absolute Gasteiger partial charge is 0.0794 e. The molecule has 0 saturated carbocycles. The molecule has 0 atom stereocenters. The first kappa shape index (κ1) is 26.4. The SMILES string of the molecule is c1ccc(-c2cc(-c3ccccc3)cc(-c3cccc(-c4c5ccc6ccccc6c5nc5c4ccc4ccccc45)c3)c2)cc1. The molecule has 0 radical (unpaired) electrons. The summed E-state index contributed by atoms with van der Waals surface area (Å²) in [5.74, 6) is 0. The van der Waals surface area contributed by atoms with Gasteiger partial charge in [0.1, 0.15) is 0 Å². The van der Waals surface area contributed by atoms with Crippen LogP contribution in [0.15, 0.2) is 176 Å². The van der Waals surface area contributed by atoms with Crippen molar-refractivity contribution in [1.29, 1.82) is 0 Å². The Morgan fingerprint density at radius 3 is 1.22 bits per heavy atom. The van der Waals surface area contributed by atoms with Gasteiger partial charge in [-0.1, -0.05) is 152 Å². The lowest BCUT2D eigenvalue weighted by molar-refractivity contribution is 1.52. The number of nitrogens with zero attached hydrogens (tertiary/aromatic N) is 1. The number of pyridine rings is 1. The topological polar surface area (TPSA) is 12.9 Å². The molecule has 0 saturated heterocycles. The van der Waals surface area contributed by atoms with E-state index in [2.05, 4.69) is 176 Å². The van der Waals surface area contributed by atoms with Crippen LogP contribution in [0.3, 0.4) is 0 Å². The zero-order valence-corrected chi connectivity index (χ0v) is 25.2. The number of hydrogen-bond donors (Lipinski definition) is 0. The standard InChI is InChI=1S/C45H29N/c1-3-12-30(13-4-1)36-27-37(31-14-5-2-6-15-31)29-38(28-36)34-18-11-19-35(26-34)43-41-24-22-32-16-7-9-20-39(32)44(41)46-45-40-21-10-8-17-33(40)23-25-42(43)45/h1-29H. The van der Waals surface area contributed by atoms with Crippen LogP contribution in [-0.4, -0.2) is 4.98 Å². The first-order valence-corrected chi connectivity index (χ1v) is 15.8. The highest BCUT2D eigenvalue weighted by Gasteiger charge is 2.16. The zero-order chi connectivity index (χ0) is 30.5. The van der Waals surface area contributed by atoms with Crippen LogP contribution in [0.2, 0.25) is 0 Å². The molecule has 0 fully saturated rings. The Kier molecular flexibility index (Phi) is 6.21. The molecule has 1 aromatic heterocycles. The van der Waals surface area contributed by atoms with Crippen LogP contribution in [0.1, 0.15) is 0 Å². The van der Waals surface area contributed by atoms with Gasteiger partial charge in [0.05, 0.1) is 11.0 Å². The van der Waals surface area contributed by atoms with Gasteiger partial charge in [-0.25, -0.2) is 4.98 Å². The summed E-state index contributed by atoms with van der Waals surface area (Å²) in [6.07, 6.45) is 0. The fourth-order valence-electron chi connectivity index (χ4n) is 6.97. The van der Waals surface area contributed by atoms with Crippen molar-refractivity contribution in [3.63, 3.8) is 0 Å². The van der Waals surface area contributed by atoms with Crippen molar-refractivity contribution >= 4 is 43.4 Å². The van der Waals surface area contributed by atoms with E-state index in [-0.39, 0.29) is 0 Å². The lowest BCUT2D eigenvalue weighted by Gasteiger charge is -2.16. The lowest BCUT2D eigenvalue weighted by Crippen LogP contribution is -1.92. The van der Waals surface area contributed by atoms with Gasteiger partial charge in [0.2, 0.25) is 0 Å². The number of aromatic nitrogens is 1. The Hall–Kier alpha value is -6.05. The van der Waals surface area contributed by atoms with Gasteiger partial charge in [-0.2, -0.15) is 0 Å². The van der Waals surface area contributed by atoms with Crippen LogP contribution in [0, 0.1) is 0 Å². The first-order valence-electron chi connectivity index (χ1n) is 15.8. The van der Waals surface area contributed by atoms with Gasteiger partial charge < -0.3 is 0 Å². The third-order valence-electron chi connectivity index (χ3n) is 9.20. The molecular formula is C45H29N. The van der Waals surface area contributed by atoms with Crippen LogP contribution in [0.5, 0.6) is 0 Å². The van der Waals surface area contributed by atoms with Gasteiger partial charge in [-0.05, 0) is 74.0 Å². The van der Waals surface area contributed by atoms with E-state index in [1.54, 1.807) is 0 Å². The second-order valence-electron chi connectivity index (χ2n) is 12.0. The highest BCUT2D eigenvalue weighted by molar-refractivity contribution is 6.21. The molecule has 214 valence electrons. The Morgan fingerprint density at radius 2 is 0.674 bits per heavy atom. The van der Waals surface area contributed by atoms with Gasteiger partial charge in [0.15, 0.2) is 0 Å². The molecule has 8 aromatic carbocycles. The summed E-state index contributed by atoms with van der Waals surface area (Å²) < 4.78 is 0. The summed E-state index contributed by atoms with van der Waals surface area (Å²) in [7, 11) is 0. The zero-order valence-electron chi connectivity index (χ0n) is 25.2. The summed E-state index contributed by atoms with van der Waals surface area (Å²) >= 11 is 0. The molecule has 9 rings (SSSR count). The van der Waals surface area contributed by atoms with E-state index in [4.69, 9.17) is 4.98 Å². The molecule has 0 unspecified atom stereocenters. The molecule has 9 aromatic rings. The Balaban J connectivity index is 1.32. The summed E-state index contributed by atoms with van der Waals surface area (Å²) in [5.41, 5.74) is 11.7. The van der Waals surface area contributed by atoms with Crippen molar-refractivity contribution < 1.29 is 0 Å². The summed E-state index contributed by atoms with van der Waals surface area (Å²) in [4.78, 5) is 5.39. The monoisotopic (exact) mass is 583 g/mol. The quantitative estimate of drug-likeness (QED) is 0.148. The van der Waals surface area contributed by atoms with Crippen molar-refractivity contribution in [3.8, 4) is 44.5 Å². The van der Waals surface area contributed by atoms with Crippen molar-refractivity contribution in [2.75, 3.05) is 0 Å². The maximum atomic E-state index is 5.39. The van der Waals surface area contributed by atoms with Gasteiger partial charge in [-0.3, -0.25) is 0 Å². The molecule has 0 amide bonds. The second-order valence-corrected chi connectivity index (χ2v) is 12.0. The van der Waals surface area contributed by atoms with E-state index < -0.39 is 0 Å². The summed E-state index contributed by atoms with van der Waals surface area (Å²) in [5, 5.41) is 7.09. The average molecular weight is 584 g/mol. The Morgan fingerprint density at radius 1 is 0.261 bits per heavy atom.